The van der Waals surface area contributed by atoms with Crippen LogP contribution in [0.3, 0.4) is 0 Å². The van der Waals surface area contributed by atoms with Gasteiger partial charge in [-0.05, 0) is 37.6 Å². The molecule has 3 unspecified atom stereocenters. The van der Waals surface area contributed by atoms with Crippen molar-refractivity contribution in [2.45, 2.75) is 71.9 Å². The first kappa shape index (κ1) is 15.0. The lowest BCUT2D eigenvalue weighted by atomic mass is 9.84. The Kier molecular flexibility index (Phi) is 5.46. The van der Waals surface area contributed by atoms with Gasteiger partial charge in [-0.3, -0.25) is 0 Å². The molecule has 2 nitrogen and oxygen atoms in total. The lowest BCUT2D eigenvalue weighted by Gasteiger charge is -2.37. The van der Waals surface area contributed by atoms with Gasteiger partial charge < -0.3 is 10.0 Å². The summed E-state index contributed by atoms with van der Waals surface area (Å²) in [5.74, 6) is 0.820. The number of rotatable bonds is 4. The van der Waals surface area contributed by atoms with Crippen LogP contribution in [-0.2, 0) is 0 Å². The Labute approximate surface area is 107 Å². The predicted octanol–water partition coefficient (Wildman–Crippen LogP) is 3.29. The van der Waals surface area contributed by atoms with Gasteiger partial charge >= 0.3 is 0 Å². The van der Waals surface area contributed by atoms with Gasteiger partial charge in [-0.25, -0.2) is 0 Å². The van der Waals surface area contributed by atoms with E-state index < -0.39 is 0 Å². The lowest BCUT2D eigenvalue weighted by Crippen LogP contribution is -2.41. The second kappa shape index (κ2) is 6.19. The van der Waals surface area contributed by atoms with Crippen LogP contribution in [0.4, 0.5) is 0 Å². The minimum Gasteiger partial charge on any atom is -0.393 e. The van der Waals surface area contributed by atoms with E-state index in [4.69, 9.17) is 0 Å². The molecule has 0 aromatic carbocycles. The monoisotopic (exact) mass is 241 g/mol. The first-order chi connectivity index (χ1) is 7.82. The minimum absolute atomic E-state index is 0.0129. The fourth-order valence-electron chi connectivity index (χ4n) is 2.88. The van der Waals surface area contributed by atoms with Gasteiger partial charge in [0, 0.05) is 12.6 Å². The second-order valence-electron chi connectivity index (χ2n) is 6.98. The van der Waals surface area contributed by atoms with Gasteiger partial charge in [-0.1, -0.05) is 40.5 Å². The normalized spacial score (nSPS) is 28.4. The van der Waals surface area contributed by atoms with Crippen LogP contribution in [0.25, 0.3) is 0 Å². The van der Waals surface area contributed by atoms with E-state index in [-0.39, 0.29) is 11.5 Å². The van der Waals surface area contributed by atoms with Gasteiger partial charge in [0.1, 0.15) is 0 Å². The van der Waals surface area contributed by atoms with Crippen molar-refractivity contribution >= 4 is 0 Å². The van der Waals surface area contributed by atoms with Crippen molar-refractivity contribution in [3.05, 3.63) is 0 Å². The van der Waals surface area contributed by atoms with Crippen LogP contribution in [-0.4, -0.2) is 35.7 Å². The highest BCUT2D eigenvalue weighted by molar-refractivity contribution is 4.81. The fraction of sp³-hybridized carbons (Fsp3) is 1.00. The predicted molar refractivity (Wildman–Crippen MR) is 74.1 cm³/mol. The zero-order chi connectivity index (χ0) is 13.1. The Morgan fingerprint density at radius 1 is 1.24 bits per heavy atom. The number of nitrogens with zero attached hydrogens (tertiary/aromatic N) is 1. The molecule has 2 heteroatoms. The maximum absolute atomic E-state index is 10.1. The third kappa shape index (κ3) is 4.59. The maximum Gasteiger partial charge on any atom is 0.0600 e. The minimum atomic E-state index is -0.191. The summed E-state index contributed by atoms with van der Waals surface area (Å²) < 4.78 is 0. The van der Waals surface area contributed by atoms with E-state index in [1.807, 2.05) is 0 Å². The van der Waals surface area contributed by atoms with Gasteiger partial charge in [0.2, 0.25) is 0 Å². The van der Waals surface area contributed by atoms with Crippen molar-refractivity contribution in [1.29, 1.82) is 0 Å². The molecule has 0 bridgehead atoms. The van der Waals surface area contributed by atoms with Crippen LogP contribution in [0.5, 0.6) is 0 Å². The molecule has 1 aliphatic carbocycles. The molecule has 0 aromatic heterocycles. The van der Waals surface area contributed by atoms with Gasteiger partial charge in [-0.15, -0.1) is 0 Å². The van der Waals surface area contributed by atoms with Crippen molar-refractivity contribution in [3.8, 4) is 0 Å². The molecule has 0 heterocycles. The average molecular weight is 241 g/mol. The zero-order valence-electron chi connectivity index (χ0n) is 12.4. The Balaban J connectivity index is 2.36. The van der Waals surface area contributed by atoms with E-state index >= 15 is 0 Å². The number of hydrogen-bond donors (Lipinski definition) is 1. The first-order valence-electron chi connectivity index (χ1n) is 7.20. The summed E-state index contributed by atoms with van der Waals surface area (Å²) in [5.41, 5.74) is 0.0129. The molecule has 0 aromatic rings. The molecular formula is C15H31NO. The van der Waals surface area contributed by atoms with Crippen LogP contribution < -0.4 is 0 Å². The standard InChI is InChI=1S/C15H31NO/c1-12-8-6-7-9-13(12)16(5)11-10-14(17)15(2,3)4/h12-14,17H,6-11H2,1-5H3. The molecule has 0 aliphatic heterocycles. The Bertz CT molecular complexity index is 221. The third-order valence-electron chi connectivity index (χ3n) is 4.39. The molecule has 1 aliphatic rings. The first-order valence-corrected chi connectivity index (χ1v) is 7.20. The second-order valence-corrected chi connectivity index (χ2v) is 6.98. The van der Waals surface area contributed by atoms with E-state index in [0.717, 1.165) is 24.9 Å². The molecule has 0 spiro atoms. The SMILES string of the molecule is CC1CCCCC1N(C)CCC(O)C(C)(C)C. The molecule has 1 saturated carbocycles. The maximum atomic E-state index is 10.1. The molecular weight excluding hydrogens is 210 g/mol. The molecule has 1 N–H and O–H groups in total. The summed E-state index contributed by atoms with van der Waals surface area (Å²) >= 11 is 0. The summed E-state index contributed by atoms with van der Waals surface area (Å²) in [7, 11) is 2.22. The topological polar surface area (TPSA) is 23.5 Å². The highest BCUT2D eigenvalue weighted by Crippen LogP contribution is 2.28. The van der Waals surface area contributed by atoms with Crippen molar-refractivity contribution in [2.24, 2.45) is 11.3 Å². The van der Waals surface area contributed by atoms with E-state index in [9.17, 15) is 5.11 Å². The fourth-order valence-corrected chi connectivity index (χ4v) is 2.88. The highest BCUT2D eigenvalue weighted by Gasteiger charge is 2.27. The number of hydrogen-bond acceptors (Lipinski definition) is 2. The molecule has 1 fully saturated rings. The van der Waals surface area contributed by atoms with E-state index in [0.29, 0.717) is 0 Å². The smallest absolute Gasteiger partial charge is 0.0600 e. The average Bonchev–Trinajstić information content (AvgIpc) is 2.24. The van der Waals surface area contributed by atoms with Gasteiger partial charge in [0.25, 0.3) is 0 Å². The van der Waals surface area contributed by atoms with Crippen LogP contribution in [0.2, 0.25) is 0 Å². The van der Waals surface area contributed by atoms with Crippen LogP contribution >= 0.6 is 0 Å². The van der Waals surface area contributed by atoms with E-state index in [1.54, 1.807) is 0 Å². The van der Waals surface area contributed by atoms with Crippen molar-refractivity contribution < 1.29 is 5.11 Å². The number of aliphatic hydroxyl groups excluding tert-OH is 1. The zero-order valence-corrected chi connectivity index (χ0v) is 12.4. The molecule has 0 radical (unpaired) electrons. The molecule has 0 amide bonds. The quantitative estimate of drug-likeness (QED) is 0.816. The molecule has 1 rings (SSSR count). The van der Waals surface area contributed by atoms with E-state index in [1.165, 1.54) is 25.7 Å². The molecule has 0 saturated heterocycles. The Morgan fingerprint density at radius 3 is 2.35 bits per heavy atom. The van der Waals surface area contributed by atoms with Gasteiger partial charge in [0.15, 0.2) is 0 Å². The largest absolute Gasteiger partial charge is 0.393 e. The van der Waals surface area contributed by atoms with Crippen LogP contribution in [0, 0.1) is 11.3 Å². The molecule has 102 valence electrons. The van der Waals surface area contributed by atoms with Crippen molar-refractivity contribution in [2.75, 3.05) is 13.6 Å². The third-order valence-corrected chi connectivity index (χ3v) is 4.39. The van der Waals surface area contributed by atoms with Gasteiger partial charge in [0.05, 0.1) is 6.10 Å². The number of aliphatic hydroxyl groups is 1. The van der Waals surface area contributed by atoms with E-state index in [2.05, 4.69) is 39.6 Å². The Morgan fingerprint density at radius 2 is 1.82 bits per heavy atom. The van der Waals surface area contributed by atoms with Gasteiger partial charge in [-0.2, -0.15) is 0 Å². The molecule has 3 atom stereocenters. The van der Waals surface area contributed by atoms with Crippen molar-refractivity contribution in [1.82, 2.24) is 4.90 Å². The summed E-state index contributed by atoms with van der Waals surface area (Å²) in [6.45, 7) is 9.73. The Hall–Kier alpha value is -0.0800. The lowest BCUT2D eigenvalue weighted by molar-refractivity contribution is 0.0375. The summed E-state index contributed by atoms with van der Waals surface area (Å²) in [4.78, 5) is 2.47. The summed E-state index contributed by atoms with van der Waals surface area (Å²) in [5, 5.41) is 10.1. The van der Waals surface area contributed by atoms with Crippen molar-refractivity contribution in [3.63, 3.8) is 0 Å². The van der Waals surface area contributed by atoms with Crippen LogP contribution in [0.1, 0.15) is 59.8 Å². The summed E-state index contributed by atoms with van der Waals surface area (Å²) in [6.07, 6.45) is 6.18. The van der Waals surface area contributed by atoms with Crippen LogP contribution in [0.15, 0.2) is 0 Å². The molecule has 17 heavy (non-hydrogen) atoms. The summed E-state index contributed by atoms with van der Waals surface area (Å²) in [6, 6.07) is 0.732. The highest BCUT2D eigenvalue weighted by atomic mass is 16.3.